The Balaban J connectivity index is 1.69. The number of ether oxygens (including phenoxy) is 4. The molecule has 14 heteroatoms. The molecule has 2 aliphatic rings. The van der Waals surface area contributed by atoms with Crippen molar-refractivity contribution in [3.05, 3.63) is 109 Å². The molecular formula is C59H97NO13. The number of nitrogens with one attached hydrogen (secondary N) is 1. The minimum absolute atomic E-state index is 0.256. The van der Waals surface area contributed by atoms with Crippen LogP contribution < -0.4 is 5.32 Å². The molecule has 2 heterocycles. The van der Waals surface area contributed by atoms with E-state index in [1.807, 2.05) is 6.08 Å². The van der Waals surface area contributed by atoms with Gasteiger partial charge in [-0.1, -0.05) is 181 Å². The lowest BCUT2D eigenvalue weighted by Gasteiger charge is -2.46. The van der Waals surface area contributed by atoms with Crippen LogP contribution in [0.4, 0.5) is 0 Å². The van der Waals surface area contributed by atoms with Gasteiger partial charge in [-0.05, 0) is 83.5 Å². The van der Waals surface area contributed by atoms with Crippen molar-refractivity contribution in [2.75, 3.05) is 19.8 Å². The third kappa shape index (κ3) is 30.1. The van der Waals surface area contributed by atoms with Crippen LogP contribution in [0.25, 0.3) is 0 Å². The largest absolute Gasteiger partial charge is 0.394 e. The highest BCUT2D eigenvalue weighted by atomic mass is 16.7. The maximum Gasteiger partial charge on any atom is 0.220 e. The lowest BCUT2D eigenvalue weighted by Crippen LogP contribution is -2.65. The summed E-state index contributed by atoms with van der Waals surface area (Å²) >= 11 is 0. The van der Waals surface area contributed by atoms with E-state index >= 15 is 0 Å². The second kappa shape index (κ2) is 43.8. The van der Waals surface area contributed by atoms with Crippen molar-refractivity contribution in [3.8, 4) is 0 Å². The predicted molar refractivity (Wildman–Crippen MR) is 290 cm³/mol. The molecule has 12 unspecified atom stereocenters. The summed E-state index contributed by atoms with van der Waals surface area (Å²) < 4.78 is 22.6. The molecule has 2 fully saturated rings. The van der Waals surface area contributed by atoms with Crippen LogP contribution in [-0.4, -0.2) is 140 Å². The second-order valence-corrected chi connectivity index (χ2v) is 19.0. The highest BCUT2D eigenvalue weighted by Gasteiger charge is 2.51. The third-order valence-corrected chi connectivity index (χ3v) is 12.7. The quantitative estimate of drug-likeness (QED) is 0.0207. The summed E-state index contributed by atoms with van der Waals surface area (Å²) in [6, 6.07) is -0.928. The molecule has 2 aliphatic heterocycles. The molecule has 12 atom stereocenters. The average Bonchev–Trinajstić information content (AvgIpc) is 3.39. The number of carbonyl (C=O) groups is 1. The Labute approximate surface area is 438 Å². The molecule has 0 spiro atoms. The van der Waals surface area contributed by atoms with E-state index in [1.165, 1.54) is 19.3 Å². The van der Waals surface area contributed by atoms with Gasteiger partial charge in [0.2, 0.25) is 5.91 Å². The maximum absolute atomic E-state index is 13.2. The maximum atomic E-state index is 13.2. The van der Waals surface area contributed by atoms with E-state index < -0.39 is 86.8 Å². The minimum Gasteiger partial charge on any atom is -0.394 e. The molecule has 416 valence electrons. The number of aliphatic hydroxyl groups is 8. The topological polar surface area (TPSA) is 228 Å². The normalized spacial score (nSPS) is 26.3. The van der Waals surface area contributed by atoms with Crippen LogP contribution in [0.15, 0.2) is 109 Å². The fourth-order valence-electron chi connectivity index (χ4n) is 8.24. The lowest BCUT2D eigenvalue weighted by molar-refractivity contribution is -0.359. The Morgan fingerprint density at radius 2 is 0.945 bits per heavy atom. The van der Waals surface area contributed by atoms with Crippen LogP contribution in [-0.2, 0) is 23.7 Å². The van der Waals surface area contributed by atoms with E-state index in [4.69, 9.17) is 18.9 Å². The molecule has 0 aromatic rings. The molecule has 0 aromatic carbocycles. The smallest absolute Gasteiger partial charge is 0.220 e. The van der Waals surface area contributed by atoms with Gasteiger partial charge in [-0.2, -0.15) is 0 Å². The molecule has 9 N–H and O–H groups in total. The minimum atomic E-state index is -1.79. The fourth-order valence-corrected chi connectivity index (χ4v) is 8.24. The molecule has 2 saturated heterocycles. The number of hydrogen-bond donors (Lipinski definition) is 9. The van der Waals surface area contributed by atoms with Crippen LogP contribution >= 0.6 is 0 Å². The number of unbranched alkanes of at least 4 members (excludes halogenated alkanes) is 12. The summed E-state index contributed by atoms with van der Waals surface area (Å²) in [5.41, 5.74) is 0. The monoisotopic (exact) mass is 1030 g/mol. The van der Waals surface area contributed by atoms with Crippen molar-refractivity contribution in [1.82, 2.24) is 5.32 Å². The van der Waals surface area contributed by atoms with Crippen molar-refractivity contribution in [2.24, 2.45) is 0 Å². The summed E-state index contributed by atoms with van der Waals surface area (Å²) in [6.45, 7) is 2.58. The van der Waals surface area contributed by atoms with Gasteiger partial charge in [-0.15, -0.1) is 0 Å². The van der Waals surface area contributed by atoms with E-state index in [0.29, 0.717) is 6.42 Å². The highest BCUT2D eigenvalue weighted by molar-refractivity contribution is 5.76. The zero-order chi connectivity index (χ0) is 53.2. The molecule has 0 aliphatic carbocycles. The first kappa shape index (κ1) is 65.8. The molecule has 0 aromatic heterocycles. The molecule has 2 rings (SSSR count). The summed E-state index contributed by atoms with van der Waals surface area (Å²) in [4.78, 5) is 13.2. The number of rotatable bonds is 41. The first-order valence-corrected chi connectivity index (χ1v) is 27.6. The highest BCUT2D eigenvalue weighted by Crippen LogP contribution is 2.30. The van der Waals surface area contributed by atoms with E-state index in [9.17, 15) is 45.6 Å². The SMILES string of the molecule is CC/C=C\C/C=C\C/C=C\C/C=C\C/C=C\C/C=C\C/C=C\C/C=C\CCCCCCCCC(=O)NC(COC1OC(CO)C(OC2OC(CO)C(O)C(O)C2O)C(O)C1O)C(O)/C=C/CCCCCCCC. The molecule has 0 saturated carbocycles. The standard InChI is InChI=1S/C59H97NO13/c1-3-5-7-9-11-13-14-15-16-17-18-19-20-21-22-23-24-25-26-27-28-29-30-31-32-33-34-35-37-39-41-43-51(64)60-47(48(63)42-40-38-36-12-10-8-6-4-2)46-70-58-56(69)54(67)57(50(45-62)72-58)73-59-55(68)53(66)52(65)49(44-61)71-59/h5,7,11,13,15-16,18-19,21-22,24-25,27-28,30-31,40,42,47-50,52-59,61-63,65-69H,3-4,6,8-10,12,14,17,20,23,26,29,32-39,41,43-46H2,1-2H3,(H,60,64)/b7-5-,13-11-,16-15-,19-18-,22-21-,25-24-,28-27-,31-30-,42-40+. The predicted octanol–water partition coefficient (Wildman–Crippen LogP) is 8.49. The molecular weight excluding hydrogens is 931 g/mol. The summed E-state index contributed by atoms with van der Waals surface area (Å²) in [5, 5.41) is 86.6. The number of allylic oxidation sites excluding steroid dienone is 17. The zero-order valence-electron chi connectivity index (χ0n) is 44.3. The van der Waals surface area contributed by atoms with Gasteiger partial charge in [0, 0.05) is 6.42 Å². The molecule has 0 radical (unpaired) electrons. The number of aliphatic hydroxyl groups excluding tert-OH is 8. The molecule has 0 bridgehead atoms. The average molecular weight is 1030 g/mol. The number of amides is 1. The summed E-state index contributed by atoms with van der Waals surface area (Å²) in [5.74, 6) is -0.264. The van der Waals surface area contributed by atoms with Crippen LogP contribution in [0.1, 0.15) is 162 Å². The van der Waals surface area contributed by atoms with Crippen molar-refractivity contribution in [3.63, 3.8) is 0 Å². The van der Waals surface area contributed by atoms with Crippen molar-refractivity contribution >= 4 is 5.91 Å². The van der Waals surface area contributed by atoms with Crippen LogP contribution in [0, 0.1) is 0 Å². The van der Waals surface area contributed by atoms with E-state index in [-0.39, 0.29) is 18.9 Å². The van der Waals surface area contributed by atoms with E-state index in [1.54, 1.807) is 6.08 Å². The second-order valence-electron chi connectivity index (χ2n) is 19.0. The van der Waals surface area contributed by atoms with Crippen LogP contribution in [0.5, 0.6) is 0 Å². The first-order chi connectivity index (χ1) is 35.6. The van der Waals surface area contributed by atoms with Crippen molar-refractivity contribution < 1.29 is 64.6 Å². The van der Waals surface area contributed by atoms with Crippen LogP contribution in [0.3, 0.4) is 0 Å². The van der Waals surface area contributed by atoms with Gasteiger partial charge in [0.05, 0.1) is 32.0 Å². The Kier molecular flexibility index (Phi) is 39.5. The third-order valence-electron chi connectivity index (χ3n) is 12.7. The summed E-state index contributed by atoms with van der Waals surface area (Å²) in [7, 11) is 0. The fraction of sp³-hybridized carbons (Fsp3) is 0.678. The Hall–Kier alpha value is -3.35. The lowest BCUT2D eigenvalue weighted by atomic mass is 9.97. The Bertz CT molecular complexity index is 1640. The molecule has 73 heavy (non-hydrogen) atoms. The van der Waals surface area contributed by atoms with E-state index in [2.05, 4.69) is 116 Å². The first-order valence-electron chi connectivity index (χ1n) is 27.6. The van der Waals surface area contributed by atoms with Gasteiger partial charge < -0.3 is 65.1 Å². The zero-order valence-corrected chi connectivity index (χ0v) is 44.3. The van der Waals surface area contributed by atoms with Crippen molar-refractivity contribution in [1.29, 1.82) is 0 Å². The van der Waals surface area contributed by atoms with Gasteiger partial charge in [0.1, 0.15) is 48.8 Å². The van der Waals surface area contributed by atoms with Gasteiger partial charge in [0.25, 0.3) is 0 Å². The number of hydrogen-bond acceptors (Lipinski definition) is 13. The van der Waals surface area contributed by atoms with Crippen LogP contribution in [0.2, 0.25) is 0 Å². The van der Waals surface area contributed by atoms with Gasteiger partial charge in [-0.25, -0.2) is 0 Å². The van der Waals surface area contributed by atoms with E-state index in [0.717, 1.165) is 116 Å². The Morgan fingerprint density at radius 1 is 0.507 bits per heavy atom. The van der Waals surface area contributed by atoms with Crippen molar-refractivity contribution in [2.45, 2.75) is 235 Å². The molecule has 1 amide bonds. The summed E-state index contributed by atoms with van der Waals surface area (Å²) in [6.07, 6.45) is 44.4. The molecule has 14 nitrogen and oxygen atoms in total. The number of carbonyl (C=O) groups excluding carboxylic acids is 1. The van der Waals surface area contributed by atoms with Gasteiger partial charge in [0.15, 0.2) is 12.6 Å². The van der Waals surface area contributed by atoms with Gasteiger partial charge in [-0.3, -0.25) is 4.79 Å². The van der Waals surface area contributed by atoms with Gasteiger partial charge >= 0.3 is 0 Å². The Morgan fingerprint density at radius 3 is 1.45 bits per heavy atom.